The minimum Gasteiger partial charge on any atom is -0.381 e. The van der Waals surface area contributed by atoms with Gasteiger partial charge in [0.15, 0.2) is 5.78 Å². The van der Waals surface area contributed by atoms with Crippen LogP contribution in [0.1, 0.15) is 34.1 Å². The molecular formula is C9H16O3. The summed E-state index contributed by atoms with van der Waals surface area (Å²) >= 11 is 0. The van der Waals surface area contributed by atoms with Crippen LogP contribution < -0.4 is 0 Å². The van der Waals surface area contributed by atoms with Gasteiger partial charge in [0.05, 0.1) is 0 Å². The topological polar surface area (TPSA) is 54.4 Å². The smallest absolute Gasteiger partial charge is 0.161 e. The van der Waals surface area contributed by atoms with Gasteiger partial charge in [0.25, 0.3) is 0 Å². The van der Waals surface area contributed by atoms with Crippen LogP contribution in [0.4, 0.5) is 0 Å². The maximum absolute atomic E-state index is 11.0. The summed E-state index contributed by atoms with van der Waals surface area (Å²) in [6, 6.07) is 0. The van der Waals surface area contributed by atoms with Gasteiger partial charge in [-0.05, 0) is 19.8 Å². The fourth-order valence-electron chi connectivity index (χ4n) is 1.11. The second kappa shape index (κ2) is 3.81. The Labute approximate surface area is 72.8 Å². The first-order chi connectivity index (χ1) is 5.30. The van der Waals surface area contributed by atoms with Crippen molar-refractivity contribution >= 4 is 11.6 Å². The molecule has 0 bridgehead atoms. The Morgan fingerprint density at radius 3 is 1.83 bits per heavy atom. The van der Waals surface area contributed by atoms with Crippen LogP contribution in [-0.4, -0.2) is 22.3 Å². The number of hydrogen-bond donors (Lipinski definition) is 1. The molecule has 0 spiro atoms. The first kappa shape index (κ1) is 11.3. The van der Waals surface area contributed by atoms with Gasteiger partial charge in [0, 0.05) is 6.42 Å². The quantitative estimate of drug-likeness (QED) is 0.686. The van der Waals surface area contributed by atoms with Gasteiger partial charge in [-0.1, -0.05) is 13.8 Å². The summed E-state index contributed by atoms with van der Waals surface area (Å²) in [5.41, 5.74) is -1.47. The van der Waals surface area contributed by atoms with Gasteiger partial charge in [-0.2, -0.15) is 0 Å². The lowest BCUT2D eigenvalue weighted by molar-refractivity contribution is -0.145. The molecule has 12 heavy (non-hydrogen) atoms. The molecule has 0 aliphatic rings. The summed E-state index contributed by atoms with van der Waals surface area (Å²) in [4.78, 5) is 21.8. The van der Waals surface area contributed by atoms with Crippen molar-refractivity contribution < 1.29 is 14.7 Å². The zero-order chi connectivity index (χ0) is 9.94. The number of ketones is 2. The Kier molecular flexibility index (Phi) is 3.58. The zero-order valence-electron chi connectivity index (χ0n) is 8.05. The van der Waals surface area contributed by atoms with Crippen molar-refractivity contribution in [3.63, 3.8) is 0 Å². The van der Waals surface area contributed by atoms with Crippen LogP contribution in [0.3, 0.4) is 0 Å². The predicted octanol–water partition coefficient (Wildman–Crippen LogP) is 0.942. The molecule has 1 unspecified atom stereocenters. The van der Waals surface area contributed by atoms with E-state index in [1.54, 1.807) is 13.8 Å². The third-order valence-electron chi connectivity index (χ3n) is 2.08. The lowest BCUT2D eigenvalue weighted by Crippen LogP contribution is -2.43. The molecule has 3 nitrogen and oxygen atoms in total. The lowest BCUT2D eigenvalue weighted by atomic mass is 9.83. The minimum atomic E-state index is -1.47. The minimum absolute atomic E-state index is 0.0833. The van der Waals surface area contributed by atoms with Crippen molar-refractivity contribution in [1.29, 1.82) is 0 Å². The third kappa shape index (κ3) is 2.41. The molecule has 1 atom stereocenters. The van der Waals surface area contributed by atoms with E-state index >= 15 is 0 Å². The van der Waals surface area contributed by atoms with E-state index < -0.39 is 5.60 Å². The van der Waals surface area contributed by atoms with E-state index in [1.807, 2.05) is 0 Å². The van der Waals surface area contributed by atoms with Crippen LogP contribution in [-0.2, 0) is 9.59 Å². The van der Waals surface area contributed by atoms with Gasteiger partial charge in [0.1, 0.15) is 11.4 Å². The lowest BCUT2D eigenvalue weighted by Gasteiger charge is -2.28. The summed E-state index contributed by atoms with van der Waals surface area (Å²) in [6.07, 6.45) is -0.0833. The van der Waals surface area contributed by atoms with E-state index in [9.17, 15) is 14.7 Å². The van der Waals surface area contributed by atoms with Gasteiger partial charge in [0.2, 0.25) is 0 Å². The third-order valence-corrected chi connectivity index (χ3v) is 2.08. The number of Topliss-reactive ketones (excluding diaryl/α,β-unsaturated/α-hetero) is 2. The standard InChI is InChI=1S/C9H16O3/c1-6(2)9(12,8(4)11)5-7(3)10/h6,12H,5H2,1-4H3. The maximum atomic E-state index is 11.0. The van der Waals surface area contributed by atoms with Crippen molar-refractivity contribution in [2.75, 3.05) is 0 Å². The SMILES string of the molecule is CC(=O)CC(O)(C(C)=O)C(C)C. The van der Waals surface area contributed by atoms with Gasteiger partial charge in [-0.25, -0.2) is 0 Å². The highest BCUT2D eigenvalue weighted by Crippen LogP contribution is 2.22. The molecule has 0 aromatic rings. The van der Waals surface area contributed by atoms with E-state index in [2.05, 4.69) is 0 Å². The van der Waals surface area contributed by atoms with Crippen LogP contribution in [0.25, 0.3) is 0 Å². The normalized spacial score (nSPS) is 15.8. The molecular weight excluding hydrogens is 156 g/mol. The van der Waals surface area contributed by atoms with Crippen molar-refractivity contribution in [1.82, 2.24) is 0 Å². The number of carbonyl (C=O) groups excluding carboxylic acids is 2. The molecule has 0 saturated carbocycles. The molecule has 0 rings (SSSR count). The summed E-state index contributed by atoms with van der Waals surface area (Å²) in [7, 11) is 0. The van der Waals surface area contributed by atoms with Gasteiger partial charge >= 0.3 is 0 Å². The Morgan fingerprint density at radius 1 is 1.33 bits per heavy atom. The van der Waals surface area contributed by atoms with E-state index in [0.717, 1.165) is 0 Å². The predicted molar refractivity (Wildman–Crippen MR) is 45.8 cm³/mol. The molecule has 0 amide bonds. The van der Waals surface area contributed by atoms with E-state index in [4.69, 9.17) is 0 Å². The largest absolute Gasteiger partial charge is 0.381 e. The average Bonchev–Trinajstić information content (AvgIpc) is 1.84. The summed E-state index contributed by atoms with van der Waals surface area (Å²) in [6.45, 7) is 6.13. The van der Waals surface area contributed by atoms with Crippen molar-refractivity contribution in [2.24, 2.45) is 5.92 Å². The zero-order valence-corrected chi connectivity index (χ0v) is 8.05. The van der Waals surface area contributed by atoms with Gasteiger partial charge in [-0.3, -0.25) is 9.59 Å². The fraction of sp³-hybridized carbons (Fsp3) is 0.778. The van der Waals surface area contributed by atoms with Crippen molar-refractivity contribution in [3.8, 4) is 0 Å². The maximum Gasteiger partial charge on any atom is 0.161 e. The second-order valence-corrected chi connectivity index (χ2v) is 3.51. The highest BCUT2D eigenvalue weighted by Gasteiger charge is 2.37. The molecule has 1 N–H and O–H groups in total. The van der Waals surface area contributed by atoms with Crippen molar-refractivity contribution in [2.45, 2.75) is 39.7 Å². The van der Waals surface area contributed by atoms with Crippen LogP contribution in [0.15, 0.2) is 0 Å². The Morgan fingerprint density at radius 2 is 1.75 bits per heavy atom. The molecule has 0 fully saturated rings. The Balaban J connectivity index is 4.62. The van der Waals surface area contributed by atoms with Crippen LogP contribution in [0.5, 0.6) is 0 Å². The van der Waals surface area contributed by atoms with E-state index in [0.29, 0.717) is 0 Å². The molecule has 0 aliphatic carbocycles. The molecule has 0 saturated heterocycles. The van der Waals surface area contributed by atoms with Crippen LogP contribution in [0, 0.1) is 5.92 Å². The molecule has 0 aromatic heterocycles. The first-order valence-corrected chi connectivity index (χ1v) is 4.03. The van der Waals surface area contributed by atoms with E-state index in [-0.39, 0.29) is 23.9 Å². The number of rotatable bonds is 4. The van der Waals surface area contributed by atoms with Gasteiger partial charge in [-0.15, -0.1) is 0 Å². The number of carbonyl (C=O) groups is 2. The molecule has 0 radical (unpaired) electrons. The number of hydrogen-bond acceptors (Lipinski definition) is 3. The molecule has 3 heteroatoms. The van der Waals surface area contributed by atoms with Gasteiger partial charge < -0.3 is 5.11 Å². The Bertz CT molecular complexity index is 196. The molecule has 0 heterocycles. The van der Waals surface area contributed by atoms with Crippen LogP contribution >= 0.6 is 0 Å². The van der Waals surface area contributed by atoms with Crippen LogP contribution in [0.2, 0.25) is 0 Å². The summed E-state index contributed by atoms with van der Waals surface area (Å²) < 4.78 is 0. The van der Waals surface area contributed by atoms with E-state index in [1.165, 1.54) is 13.8 Å². The van der Waals surface area contributed by atoms with Crippen molar-refractivity contribution in [3.05, 3.63) is 0 Å². The molecule has 70 valence electrons. The summed E-state index contributed by atoms with van der Waals surface area (Å²) in [5.74, 6) is -0.729. The number of aliphatic hydroxyl groups is 1. The Hall–Kier alpha value is -0.700. The highest BCUT2D eigenvalue weighted by atomic mass is 16.3. The highest BCUT2D eigenvalue weighted by molar-refractivity contribution is 5.91. The first-order valence-electron chi connectivity index (χ1n) is 4.03. The fourth-order valence-corrected chi connectivity index (χ4v) is 1.11. The average molecular weight is 172 g/mol. The molecule has 0 aromatic carbocycles. The second-order valence-electron chi connectivity index (χ2n) is 3.51. The molecule has 0 aliphatic heterocycles. The summed E-state index contributed by atoms with van der Waals surface area (Å²) in [5, 5.41) is 9.77. The monoisotopic (exact) mass is 172 g/mol.